The van der Waals surface area contributed by atoms with Gasteiger partial charge in [-0.15, -0.1) is 0 Å². The fourth-order valence-corrected chi connectivity index (χ4v) is 1.89. The molecule has 1 atom stereocenters. The molecule has 0 fully saturated rings. The molecule has 18 heavy (non-hydrogen) atoms. The Morgan fingerprint density at radius 1 is 1.28 bits per heavy atom. The number of benzene rings is 1. The van der Waals surface area contributed by atoms with Crippen molar-refractivity contribution in [1.29, 1.82) is 0 Å². The maximum absolute atomic E-state index is 11.1. The summed E-state index contributed by atoms with van der Waals surface area (Å²) in [4.78, 5) is 11.1. The van der Waals surface area contributed by atoms with E-state index in [2.05, 4.69) is 13.8 Å². The normalized spacial score (nSPS) is 12.1. The molecule has 1 aromatic rings. The van der Waals surface area contributed by atoms with Gasteiger partial charge in [0.1, 0.15) is 11.3 Å². The van der Waals surface area contributed by atoms with Crippen LogP contribution in [-0.2, 0) is 0 Å². The minimum atomic E-state index is -0.936. The van der Waals surface area contributed by atoms with E-state index in [1.165, 1.54) is 12.8 Å². The summed E-state index contributed by atoms with van der Waals surface area (Å²) in [6, 6.07) is 6.83. The van der Waals surface area contributed by atoms with E-state index >= 15 is 0 Å². The third kappa shape index (κ3) is 4.40. The highest BCUT2D eigenvalue weighted by Crippen LogP contribution is 2.22. The highest BCUT2D eigenvalue weighted by molar-refractivity contribution is 5.90. The number of rotatable bonds is 8. The molecule has 0 heterocycles. The molecule has 0 saturated carbocycles. The Kier molecular flexibility index (Phi) is 6.26. The van der Waals surface area contributed by atoms with E-state index in [0.717, 1.165) is 19.3 Å². The molecule has 1 rings (SSSR count). The van der Waals surface area contributed by atoms with Crippen LogP contribution in [0, 0.1) is 0 Å². The lowest BCUT2D eigenvalue weighted by Gasteiger charge is -2.18. The molecule has 0 aliphatic heterocycles. The van der Waals surface area contributed by atoms with E-state index in [-0.39, 0.29) is 11.7 Å². The number of hydrogen-bond acceptors (Lipinski definition) is 2. The van der Waals surface area contributed by atoms with Gasteiger partial charge in [0.05, 0.1) is 6.10 Å². The van der Waals surface area contributed by atoms with Crippen molar-refractivity contribution in [3.05, 3.63) is 29.8 Å². The first-order valence-electron chi connectivity index (χ1n) is 6.68. The third-order valence-electron chi connectivity index (χ3n) is 3.00. The number of carboxylic acid groups (broad SMARTS) is 1. The quantitative estimate of drug-likeness (QED) is 0.706. The zero-order valence-electron chi connectivity index (χ0n) is 11.2. The molecule has 0 bridgehead atoms. The van der Waals surface area contributed by atoms with Gasteiger partial charge in [0.25, 0.3) is 0 Å². The predicted molar refractivity (Wildman–Crippen MR) is 72.3 cm³/mol. The smallest absolute Gasteiger partial charge is 0.339 e. The van der Waals surface area contributed by atoms with Crippen molar-refractivity contribution in [1.82, 2.24) is 0 Å². The van der Waals surface area contributed by atoms with Crippen LogP contribution in [0.15, 0.2) is 24.3 Å². The van der Waals surface area contributed by atoms with Crippen LogP contribution in [0.2, 0.25) is 0 Å². The van der Waals surface area contributed by atoms with Gasteiger partial charge in [-0.3, -0.25) is 0 Å². The van der Waals surface area contributed by atoms with Gasteiger partial charge < -0.3 is 9.84 Å². The van der Waals surface area contributed by atoms with Crippen molar-refractivity contribution in [2.24, 2.45) is 0 Å². The van der Waals surface area contributed by atoms with Crippen LogP contribution in [0.25, 0.3) is 0 Å². The van der Waals surface area contributed by atoms with E-state index in [1.807, 2.05) is 0 Å². The molecule has 0 aliphatic rings. The number of para-hydroxylation sites is 1. The summed E-state index contributed by atoms with van der Waals surface area (Å²) >= 11 is 0. The average Bonchev–Trinajstić information content (AvgIpc) is 2.38. The summed E-state index contributed by atoms with van der Waals surface area (Å²) in [6.45, 7) is 4.24. The molecule has 0 saturated heterocycles. The molecule has 0 spiro atoms. The van der Waals surface area contributed by atoms with Gasteiger partial charge in [-0.25, -0.2) is 4.79 Å². The Bertz CT molecular complexity index is 374. The van der Waals surface area contributed by atoms with E-state index < -0.39 is 5.97 Å². The third-order valence-corrected chi connectivity index (χ3v) is 3.00. The van der Waals surface area contributed by atoms with Crippen molar-refractivity contribution in [3.8, 4) is 5.75 Å². The molecule has 0 aliphatic carbocycles. The molecule has 0 radical (unpaired) electrons. The first kappa shape index (κ1) is 14.6. The molecule has 1 N–H and O–H groups in total. The number of hydrogen-bond donors (Lipinski definition) is 1. The second-order valence-electron chi connectivity index (χ2n) is 4.45. The Labute approximate surface area is 109 Å². The molecule has 1 unspecified atom stereocenters. The minimum absolute atomic E-state index is 0.108. The van der Waals surface area contributed by atoms with Crippen molar-refractivity contribution >= 4 is 5.97 Å². The summed E-state index contributed by atoms with van der Waals surface area (Å²) < 4.78 is 5.82. The lowest BCUT2D eigenvalue weighted by Crippen LogP contribution is -2.17. The molecular weight excluding hydrogens is 228 g/mol. The molecule has 3 nitrogen and oxygen atoms in total. The first-order chi connectivity index (χ1) is 8.69. The maximum atomic E-state index is 11.1. The van der Waals surface area contributed by atoms with Gasteiger partial charge in [-0.1, -0.05) is 38.8 Å². The lowest BCUT2D eigenvalue weighted by atomic mass is 10.1. The molecule has 0 aromatic heterocycles. The van der Waals surface area contributed by atoms with Crippen molar-refractivity contribution < 1.29 is 14.6 Å². The van der Waals surface area contributed by atoms with Crippen molar-refractivity contribution in [2.75, 3.05) is 0 Å². The summed E-state index contributed by atoms with van der Waals surface area (Å²) in [5.74, 6) is -0.456. The van der Waals surface area contributed by atoms with E-state index in [1.54, 1.807) is 24.3 Å². The van der Waals surface area contributed by atoms with Crippen LogP contribution in [0.4, 0.5) is 0 Å². The Morgan fingerprint density at radius 2 is 2.00 bits per heavy atom. The van der Waals surface area contributed by atoms with Crippen LogP contribution < -0.4 is 4.74 Å². The van der Waals surface area contributed by atoms with Crippen LogP contribution in [0.5, 0.6) is 5.75 Å². The maximum Gasteiger partial charge on any atom is 0.339 e. The number of unbranched alkanes of at least 4 members (excludes halogenated alkanes) is 2. The van der Waals surface area contributed by atoms with Crippen LogP contribution in [-0.4, -0.2) is 17.2 Å². The van der Waals surface area contributed by atoms with E-state index in [9.17, 15) is 4.79 Å². The molecule has 3 heteroatoms. The molecular formula is C15H22O3. The van der Waals surface area contributed by atoms with Crippen molar-refractivity contribution in [3.63, 3.8) is 0 Å². The summed E-state index contributed by atoms with van der Waals surface area (Å²) in [5, 5.41) is 9.09. The van der Waals surface area contributed by atoms with Gasteiger partial charge in [0, 0.05) is 0 Å². The highest BCUT2D eigenvalue weighted by Gasteiger charge is 2.14. The molecule has 100 valence electrons. The summed E-state index contributed by atoms with van der Waals surface area (Å²) in [6.07, 6.45) is 5.50. The number of ether oxygens (including phenoxy) is 1. The lowest BCUT2D eigenvalue weighted by molar-refractivity contribution is 0.0688. The average molecular weight is 250 g/mol. The van der Waals surface area contributed by atoms with E-state index in [4.69, 9.17) is 9.84 Å². The minimum Gasteiger partial charge on any atom is -0.490 e. The van der Waals surface area contributed by atoms with Crippen LogP contribution in [0.3, 0.4) is 0 Å². The van der Waals surface area contributed by atoms with Gasteiger partial charge in [0.15, 0.2) is 0 Å². The van der Waals surface area contributed by atoms with Gasteiger partial charge in [0.2, 0.25) is 0 Å². The fraction of sp³-hybridized carbons (Fsp3) is 0.533. The second kappa shape index (κ2) is 7.75. The monoisotopic (exact) mass is 250 g/mol. The van der Waals surface area contributed by atoms with Gasteiger partial charge >= 0.3 is 5.97 Å². The predicted octanol–water partition coefficient (Wildman–Crippen LogP) is 4.12. The molecule has 0 amide bonds. The number of carboxylic acids is 1. The first-order valence-corrected chi connectivity index (χ1v) is 6.68. The van der Waals surface area contributed by atoms with Crippen LogP contribution >= 0.6 is 0 Å². The Balaban J connectivity index is 2.66. The van der Waals surface area contributed by atoms with Crippen LogP contribution in [0.1, 0.15) is 56.3 Å². The largest absolute Gasteiger partial charge is 0.490 e. The Morgan fingerprint density at radius 3 is 2.61 bits per heavy atom. The second-order valence-corrected chi connectivity index (χ2v) is 4.45. The zero-order valence-corrected chi connectivity index (χ0v) is 11.2. The Hall–Kier alpha value is -1.51. The van der Waals surface area contributed by atoms with E-state index in [0.29, 0.717) is 5.75 Å². The molecule has 1 aromatic carbocycles. The van der Waals surface area contributed by atoms with Gasteiger partial charge in [-0.2, -0.15) is 0 Å². The summed E-state index contributed by atoms with van der Waals surface area (Å²) in [5.41, 5.74) is 0.242. The number of aromatic carboxylic acids is 1. The van der Waals surface area contributed by atoms with Gasteiger partial charge in [-0.05, 0) is 31.4 Å². The standard InChI is InChI=1S/C15H22O3/c1-3-5-6-9-12(4-2)18-14-11-8-7-10-13(14)15(16)17/h7-8,10-12H,3-6,9H2,1-2H3,(H,16,17). The SMILES string of the molecule is CCCCCC(CC)Oc1ccccc1C(=O)O. The summed E-state index contributed by atoms with van der Waals surface area (Å²) in [7, 11) is 0. The highest BCUT2D eigenvalue weighted by atomic mass is 16.5. The van der Waals surface area contributed by atoms with Crippen molar-refractivity contribution in [2.45, 2.75) is 52.1 Å². The topological polar surface area (TPSA) is 46.5 Å². The fourth-order valence-electron chi connectivity index (χ4n) is 1.89. The number of carbonyl (C=O) groups is 1. The zero-order chi connectivity index (χ0) is 13.4.